The summed E-state index contributed by atoms with van der Waals surface area (Å²) in [7, 11) is 0. The first-order valence-electron chi connectivity index (χ1n) is 8.15. The fourth-order valence-electron chi connectivity index (χ4n) is 2.98. The van der Waals surface area contributed by atoms with Crippen molar-refractivity contribution >= 4 is 17.2 Å². The molecule has 0 spiro atoms. The first kappa shape index (κ1) is 14.7. The van der Waals surface area contributed by atoms with Crippen molar-refractivity contribution in [1.82, 2.24) is 14.6 Å². The van der Waals surface area contributed by atoms with E-state index in [2.05, 4.69) is 15.4 Å². The third kappa shape index (κ3) is 3.08. The first-order valence-corrected chi connectivity index (χ1v) is 8.15. The monoisotopic (exact) mass is 322 g/mol. The number of benzene rings is 1. The van der Waals surface area contributed by atoms with Crippen molar-refractivity contribution in [2.75, 3.05) is 5.32 Å². The lowest BCUT2D eigenvalue weighted by Crippen LogP contribution is -2.13. The Morgan fingerprint density at radius 2 is 1.92 bits per heavy atom. The molecule has 0 unspecified atom stereocenters. The van der Waals surface area contributed by atoms with Gasteiger partial charge in [0, 0.05) is 5.56 Å². The minimum atomic E-state index is -0.165. The molecule has 122 valence electrons. The summed E-state index contributed by atoms with van der Waals surface area (Å²) in [4.78, 5) is 16.4. The van der Waals surface area contributed by atoms with Gasteiger partial charge in [-0.05, 0) is 62.1 Å². The van der Waals surface area contributed by atoms with Crippen LogP contribution in [-0.4, -0.2) is 26.6 Å². The molecule has 1 N–H and O–H groups in total. The molecule has 0 radical (unpaired) electrons. The summed E-state index contributed by atoms with van der Waals surface area (Å²) < 4.78 is 7.54. The van der Waals surface area contributed by atoms with Gasteiger partial charge in [0.15, 0.2) is 5.65 Å². The standard InChI is InChI=1S/C18H18N4O2/c23-18(21-14-7-10-17-19-12-20-22(17)11-14)13-5-8-16(9-6-13)24-15-3-1-2-4-15/h5-12,15H,1-4H2,(H,21,23). The molecule has 0 bridgehead atoms. The van der Waals surface area contributed by atoms with Crippen LogP contribution in [0.25, 0.3) is 5.65 Å². The number of carbonyl (C=O) groups excluding carboxylic acids is 1. The summed E-state index contributed by atoms with van der Waals surface area (Å²) >= 11 is 0. The number of amides is 1. The average Bonchev–Trinajstić information content (AvgIpc) is 3.26. The molecule has 0 aliphatic heterocycles. The lowest BCUT2D eigenvalue weighted by Gasteiger charge is -2.13. The van der Waals surface area contributed by atoms with E-state index >= 15 is 0 Å². The molecule has 6 nitrogen and oxygen atoms in total. The van der Waals surface area contributed by atoms with Crippen molar-refractivity contribution < 1.29 is 9.53 Å². The Morgan fingerprint density at radius 3 is 2.71 bits per heavy atom. The molecule has 2 aromatic heterocycles. The van der Waals surface area contributed by atoms with Crippen molar-refractivity contribution in [3.05, 3.63) is 54.5 Å². The number of hydrogen-bond acceptors (Lipinski definition) is 4. The van der Waals surface area contributed by atoms with E-state index in [1.54, 1.807) is 35.0 Å². The molecule has 3 aromatic rings. The molecule has 1 aliphatic carbocycles. The number of aromatic nitrogens is 3. The normalized spacial score (nSPS) is 14.8. The van der Waals surface area contributed by atoms with E-state index in [-0.39, 0.29) is 5.91 Å². The number of rotatable bonds is 4. The summed E-state index contributed by atoms with van der Waals surface area (Å²) in [5.74, 6) is 0.657. The maximum absolute atomic E-state index is 12.3. The summed E-state index contributed by atoms with van der Waals surface area (Å²) in [5.41, 5.74) is 2.00. The molecule has 1 aromatic carbocycles. The van der Waals surface area contributed by atoms with Gasteiger partial charge in [-0.2, -0.15) is 5.10 Å². The molecule has 1 fully saturated rings. The maximum atomic E-state index is 12.3. The number of fused-ring (bicyclic) bond motifs is 1. The lowest BCUT2D eigenvalue weighted by molar-refractivity contribution is 0.102. The maximum Gasteiger partial charge on any atom is 0.255 e. The number of anilines is 1. The van der Waals surface area contributed by atoms with Crippen LogP contribution in [0.3, 0.4) is 0 Å². The molecular formula is C18H18N4O2. The second-order valence-corrected chi connectivity index (χ2v) is 5.98. The quantitative estimate of drug-likeness (QED) is 0.800. The average molecular weight is 322 g/mol. The van der Waals surface area contributed by atoms with Gasteiger partial charge in [-0.15, -0.1) is 0 Å². The highest BCUT2D eigenvalue weighted by Gasteiger charge is 2.16. The zero-order valence-electron chi connectivity index (χ0n) is 13.2. The van der Waals surface area contributed by atoms with E-state index in [9.17, 15) is 4.79 Å². The summed E-state index contributed by atoms with van der Waals surface area (Å²) in [6, 6.07) is 10.9. The zero-order chi connectivity index (χ0) is 16.4. The van der Waals surface area contributed by atoms with Crippen LogP contribution in [0.2, 0.25) is 0 Å². The highest BCUT2D eigenvalue weighted by molar-refractivity contribution is 6.04. The van der Waals surface area contributed by atoms with Crippen LogP contribution < -0.4 is 10.1 Å². The summed E-state index contributed by atoms with van der Waals surface area (Å²) in [6.45, 7) is 0. The Kier molecular flexibility index (Phi) is 3.86. The van der Waals surface area contributed by atoms with Crippen LogP contribution in [0, 0.1) is 0 Å². The van der Waals surface area contributed by atoms with Crippen molar-refractivity contribution in [1.29, 1.82) is 0 Å². The molecule has 1 amide bonds. The van der Waals surface area contributed by atoms with Crippen molar-refractivity contribution in [2.45, 2.75) is 31.8 Å². The van der Waals surface area contributed by atoms with Gasteiger partial charge >= 0.3 is 0 Å². The second kappa shape index (κ2) is 6.31. The fraction of sp³-hybridized carbons (Fsp3) is 0.278. The van der Waals surface area contributed by atoms with E-state index in [0.717, 1.165) is 24.2 Å². The number of nitrogens with zero attached hydrogens (tertiary/aromatic N) is 3. The molecule has 0 atom stereocenters. The highest BCUT2D eigenvalue weighted by atomic mass is 16.5. The molecule has 2 heterocycles. The predicted octanol–water partition coefficient (Wildman–Crippen LogP) is 3.30. The third-order valence-corrected chi connectivity index (χ3v) is 4.25. The number of ether oxygens (including phenoxy) is 1. The topological polar surface area (TPSA) is 68.5 Å². The number of carbonyl (C=O) groups is 1. The van der Waals surface area contributed by atoms with E-state index < -0.39 is 0 Å². The van der Waals surface area contributed by atoms with E-state index in [1.807, 2.05) is 12.1 Å². The number of nitrogens with one attached hydrogen (secondary N) is 1. The van der Waals surface area contributed by atoms with Crippen LogP contribution in [0.5, 0.6) is 5.75 Å². The zero-order valence-corrected chi connectivity index (χ0v) is 13.2. The largest absolute Gasteiger partial charge is 0.490 e. The summed E-state index contributed by atoms with van der Waals surface area (Å²) in [5, 5.41) is 6.92. The van der Waals surface area contributed by atoms with Crippen molar-refractivity contribution in [2.24, 2.45) is 0 Å². The van der Waals surface area contributed by atoms with Gasteiger partial charge in [0.05, 0.1) is 18.0 Å². The Bertz CT molecular complexity index is 851. The molecule has 24 heavy (non-hydrogen) atoms. The lowest BCUT2D eigenvalue weighted by atomic mass is 10.2. The van der Waals surface area contributed by atoms with Crippen LogP contribution in [-0.2, 0) is 0 Å². The Labute approximate surface area is 139 Å². The molecule has 6 heteroatoms. The third-order valence-electron chi connectivity index (χ3n) is 4.25. The highest BCUT2D eigenvalue weighted by Crippen LogP contribution is 2.24. The van der Waals surface area contributed by atoms with Gasteiger partial charge in [-0.25, -0.2) is 9.50 Å². The number of pyridine rings is 1. The number of hydrogen-bond donors (Lipinski definition) is 1. The van der Waals surface area contributed by atoms with E-state index in [1.165, 1.54) is 19.2 Å². The smallest absolute Gasteiger partial charge is 0.255 e. The Balaban J connectivity index is 1.43. The SMILES string of the molecule is O=C(Nc1ccc2ncnn2c1)c1ccc(OC2CCCC2)cc1. The Morgan fingerprint density at radius 1 is 1.12 bits per heavy atom. The molecule has 4 rings (SSSR count). The Hall–Kier alpha value is -2.89. The molecule has 0 saturated heterocycles. The fourth-order valence-corrected chi connectivity index (χ4v) is 2.98. The van der Waals surface area contributed by atoms with E-state index in [0.29, 0.717) is 17.4 Å². The van der Waals surface area contributed by atoms with Crippen LogP contribution in [0.15, 0.2) is 48.9 Å². The predicted molar refractivity (Wildman–Crippen MR) is 90.3 cm³/mol. The van der Waals surface area contributed by atoms with E-state index in [4.69, 9.17) is 4.74 Å². The first-order chi connectivity index (χ1) is 11.8. The molecule has 1 aliphatic rings. The molecule has 1 saturated carbocycles. The summed E-state index contributed by atoms with van der Waals surface area (Å²) in [6.07, 6.45) is 8.24. The van der Waals surface area contributed by atoms with Crippen LogP contribution in [0.1, 0.15) is 36.0 Å². The van der Waals surface area contributed by atoms with Gasteiger partial charge in [0.25, 0.3) is 5.91 Å². The minimum Gasteiger partial charge on any atom is -0.490 e. The van der Waals surface area contributed by atoms with Gasteiger partial charge in [-0.3, -0.25) is 4.79 Å². The van der Waals surface area contributed by atoms with Crippen LogP contribution in [0.4, 0.5) is 5.69 Å². The van der Waals surface area contributed by atoms with Gasteiger partial charge in [0.1, 0.15) is 12.1 Å². The second-order valence-electron chi connectivity index (χ2n) is 5.98. The minimum absolute atomic E-state index is 0.165. The van der Waals surface area contributed by atoms with Gasteiger partial charge < -0.3 is 10.1 Å². The molecular weight excluding hydrogens is 304 g/mol. The van der Waals surface area contributed by atoms with Crippen LogP contribution >= 0.6 is 0 Å². The van der Waals surface area contributed by atoms with Crippen molar-refractivity contribution in [3.8, 4) is 5.75 Å². The van der Waals surface area contributed by atoms with Gasteiger partial charge in [-0.1, -0.05) is 0 Å². The van der Waals surface area contributed by atoms with Gasteiger partial charge in [0.2, 0.25) is 0 Å². The van der Waals surface area contributed by atoms with Crippen molar-refractivity contribution in [3.63, 3.8) is 0 Å².